The van der Waals surface area contributed by atoms with Gasteiger partial charge in [-0.05, 0) is 25.1 Å². The van der Waals surface area contributed by atoms with Crippen LogP contribution in [0.2, 0.25) is 5.02 Å². The van der Waals surface area contributed by atoms with Gasteiger partial charge in [0.15, 0.2) is 0 Å². The van der Waals surface area contributed by atoms with E-state index in [1.165, 1.54) is 7.11 Å². The number of hydrogen-bond donors (Lipinski definition) is 0. The molecule has 0 N–H and O–H groups in total. The van der Waals surface area contributed by atoms with Crippen LogP contribution >= 0.6 is 23.2 Å². The zero-order valence-electron chi connectivity index (χ0n) is 11.4. The molecule has 6 heteroatoms. The van der Waals surface area contributed by atoms with Gasteiger partial charge in [-0.1, -0.05) is 11.6 Å². The van der Waals surface area contributed by atoms with Crippen molar-refractivity contribution in [3.8, 4) is 5.75 Å². The fourth-order valence-corrected chi connectivity index (χ4v) is 2.55. The van der Waals surface area contributed by atoms with Crippen LogP contribution in [0.3, 0.4) is 0 Å². The highest BCUT2D eigenvalue weighted by atomic mass is 35.5. The third-order valence-corrected chi connectivity index (χ3v) is 3.91. The molecule has 1 fully saturated rings. The van der Waals surface area contributed by atoms with Gasteiger partial charge >= 0.3 is 0 Å². The van der Waals surface area contributed by atoms with E-state index in [1.54, 1.807) is 23.1 Å². The minimum atomic E-state index is -0.137. The molecule has 1 heterocycles. The summed E-state index contributed by atoms with van der Waals surface area (Å²) in [5.41, 5.74) is 0.460. The first-order valence-electron chi connectivity index (χ1n) is 6.39. The van der Waals surface area contributed by atoms with Gasteiger partial charge in [-0.2, -0.15) is 0 Å². The number of alkyl halides is 1. The molecule has 1 saturated heterocycles. The predicted molar refractivity (Wildman–Crippen MR) is 79.0 cm³/mol. The summed E-state index contributed by atoms with van der Waals surface area (Å²) >= 11 is 11.8. The summed E-state index contributed by atoms with van der Waals surface area (Å²) in [7, 11) is 1.53. The maximum atomic E-state index is 12.7. The SMILES string of the molecule is COc1ccc(Cl)cc1C(=O)N1CC(CCl)OCC1C. The second-order valence-electron chi connectivity index (χ2n) is 4.76. The quantitative estimate of drug-likeness (QED) is 0.805. The Hall–Kier alpha value is -0.970. The summed E-state index contributed by atoms with van der Waals surface area (Å²) in [6, 6.07) is 5.01. The van der Waals surface area contributed by atoms with Gasteiger partial charge in [0.1, 0.15) is 5.75 Å². The normalized spacial score (nSPS) is 22.7. The third kappa shape index (κ3) is 3.19. The zero-order chi connectivity index (χ0) is 14.7. The number of carbonyl (C=O) groups excluding carboxylic acids is 1. The van der Waals surface area contributed by atoms with Gasteiger partial charge in [0, 0.05) is 11.6 Å². The van der Waals surface area contributed by atoms with Crippen LogP contribution in [0.25, 0.3) is 0 Å². The molecule has 0 saturated carbocycles. The number of morpholine rings is 1. The largest absolute Gasteiger partial charge is 0.496 e. The molecule has 1 aromatic rings. The first-order chi connectivity index (χ1) is 9.56. The molecule has 110 valence electrons. The van der Waals surface area contributed by atoms with Crippen LogP contribution in [-0.4, -0.2) is 49.1 Å². The maximum absolute atomic E-state index is 12.7. The Morgan fingerprint density at radius 1 is 1.55 bits per heavy atom. The van der Waals surface area contributed by atoms with Crippen LogP contribution in [-0.2, 0) is 4.74 Å². The van der Waals surface area contributed by atoms with Crippen molar-refractivity contribution < 1.29 is 14.3 Å². The predicted octanol–water partition coefficient (Wildman–Crippen LogP) is 2.82. The number of amides is 1. The van der Waals surface area contributed by atoms with Crippen LogP contribution in [0.4, 0.5) is 0 Å². The molecule has 1 aliphatic heterocycles. The Labute approximate surface area is 128 Å². The monoisotopic (exact) mass is 317 g/mol. The lowest BCUT2D eigenvalue weighted by atomic mass is 10.1. The molecule has 1 aliphatic rings. The molecule has 0 spiro atoms. The molecule has 2 atom stereocenters. The molecule has 0 aromatic heterocycles. The van der Waals surface area contributed by atoms with Crippen LogP contribution < -0.4 is 4.74 Å². The molecule has 1 aromatic carbocycles. The molecule has 0 aliphatic carbocycles. The van der Waals surface area contributed by atoms with Crippen LogP contribution in [0.1, 0.15) is 17.3 Å². The molecule has 0 bridgehead atoms. The van der Waals surface area contributed by atoms with Crippen molar-refractivity contribution in [2.24, 2.45) is 0 Å². The summed E-state index contributed by atoms with van der Waals surface area (Å²) < 4.78 is 10.8. The molecular formula is C14H17Cl2NO3. The Morgan fingerprint density at radius 3 is 2.95 bits per heavy atom. The second kappa shape index (κ2) is 6.66. The zero-order valence-corrected chi connectivity index (χ0v) is 12.9. The smallest absolute Gasteiger partial charge is 0.258 e. The lowest BCUT2D eigenvalue weighted by Crippen LogP contribution is -2.51. The number of rotatable bonds is 3. The molecule has 0 radical (unpaired) electrons. The molecular weight excluding hydrogens is 301 g/mol. The minimum absolute atomic E-state index is 0.00865. The molecule has 20 heavy (non-hydrogen) atoms. The van der Waals surface area contributed by atoms with Gasteiger partial charge in [-0.25, -0.2) is 0 Å². The van der Waals surface area contributed by atoms with Crippen molar-refractivity contribution in [1.29, 1.82) is 0 Å². The highest BCUT2D eigenvalue weighted by Gasteiger charge is 2.31. The van der Waals surface area contributed by atoms with E-state index >= 15 is 0 Å². The lowest BCUT2D eigenvalue weighted by molar-refractivity contribution is -0.0372. The number of carbonyl (C=O) groups is 1. The van der Waals surface area contributed by atoms with Gasteiger partial charge in [0.05, 0.1) is 37.3 Å². The fourth-order valence-electron chi connectivity index (χ4n) is 2.20. The maximum Gasteiger partial charge on any atom is 0.258 e. The van der Waals surface area contributed by atoms with E-state index in [2.05, 4.69) is 0 Å². The van der Waals surface area contributed by atoms with Gasteiger partial charge in [-0.3, -0.25) is 4.79 Å². The van der Waals surface area contributed by atoms with Gasteiger partial charge < -0.3 is 14.4 Å². The van der Waals surface area contributed by atoms with E-state index in [-0.39, 0.29) is 18.1 Å². The number of hydrogen-bond acceptors (Lipinski definition) is 3. The van der Waals surface area contributed by atoms with Crippen LogP contribution in [0.15, 0.2) is 18.2 Å². The van der Waals surface area contributed by atoms with Crippen molar-refractivity contribution in [3.63, 3.8) is 0 Å². The Bertz CT molecular complexity index is 495. The summed E-state index contributed by atoms with van der Waals surface area (Å²) in [6.45, 7) is 2.89. The van der Waals surface area contributed by atoms with Crippen molar-refractivity contribution in [3.05, 3.63) is 28.8 Å². The first-order valence-corrected chi connectivity index (χ1v) is 7.30. The van der Waals surface area contributed by atoms with Gasteiger partial charge in [-0.15, -0.1) is 11.6 Å². The molecule has 1 amide bonds. The number of nitrogens with zero attached hydrogens (tertiary/aromatic N) is 1. The minimum Gasteiger partial charge on any atom is -0.496 e. The molecule has 2 rings (SSSR count). The van der Waals surface area contributed by atoms with E-state index in [0.717, 1.165) is 0 Å². The Morgan fingerprint density at radius 2 is 2.30 bits per heavy atom. The lowest BCUT2D eigenvalue weighted by Gasteiger charge is -2.37. The van der Waals surface area contributed by atoms with Gasteiger partial charge in [0.2, 0.25) is 0 Å². The number of halogens is 2. The Kier molecular flexibility index (Phi) is 5.13. The average molecular weight is 318 g/mol. The third-order valence-electron chi connectivity index (χ3n) is 3.33. The number of ether oxygens (including phenoxy) is 2. The van der Waals surface area contributed by atoms with E-state index in [9.17, 15) is 4.79 Å². The summed E-state index contributed by atoms with van der Waals surface area (Å²) in [6.07, 6.45) is -0.137. The molecule has 2 unspecified atom stereocenters. The summed E-state index contributed by atoms with van der Waals surface area (Å²) in [5.74, 6) is 0.763. The summed E-state index contributed by atoms with van der Waals surface area (Å²) in [4.78, 5) is 14.4. The highest BCUT2D eigenvalue weighted by molar-refractivity contribution is 6.31. The highest BCUT2D eigenvalue weighted by Crippen LogP contribution is 2.26. The van der Waals surface area contributed by atoms with E-state index < -0.39 is 0 Å². The van der Waals surface area contributed by atoms with Crippen molar-refractivity contribution in [2.75, 3.05) is 26.1 Å². The fraction of sp³-hybridized carbons (Fsp3) is 0.500. The van der Waals surface area contributed by atoms with E-state index in [0.29, 0.717) is 35.4 Å². The van der Waals surface area contributed by atoms with Gasteiger partial charge in [0.25, 0.3) is 5.91 Å². The van der Waals surface area contributed by atoms with Crippen molar-refractivity contribution in [2.45, 2.75) is 19.1 Å². The molecule has 4 nitrogen and oxygen atoms in total. The van der Waals surface area contributed by atoms with Crippen LogP contribution in [0, 0.1) is 0 Å². The van der Waals surface area contributed by atoms with Crippen molar-refractivity contribution >= 4 is 29.1 Å². The standard InChI is InChI=1S/C14H17Cl2NO3/c1-9-8-20-11(6-15)7-17(9)14(18)12-5-10(16)3-4-13(12)19-2/h3-5,9,11H,6-8H2,1-2H3. The van der Waals surface area contributed by atoms with Crippen LogP contribution in [0.5, 0.6) is 5.75 Å². The number of methoxy groups -OCH3 is 1. The second-order valence-corrected chi connectivity index (χ2v) is 5.51. The van der Waals surface area contributed by atoms with E-state index in [1.807, 2.05) is 6.92 Å². The Balaban J connectivity index is 2.27. The number of benzene rings is 1. The van der Waals surface area contributed by atoms with Crippen molar-refractivity contribution in [1.82, 2.24) is 4.90 Å². The topological polar surface area (TPSA) is 38.8 Å². The average Bonchev–Trinajstić information content (AvgIpc) is 2.47. The summed E-state index contributed by atoms with van der Waals surface area (Å²) in [5, 5.41) is 0.504. The van der Waals surface area contributed by atoms with E-state index in [4.69, 9.17) is 32.7 Å². The first kappa shape index (κ1) is 15.4.